The fourth-order valence-electron chi connectivity index (χ4n) is 2.13. The zero-order chi connectivity index (χ0) is 16.8. The molecule has 2 atom stereocenters. The molecule has 0 spiro atoms. The summed E-state index contributed by atoms with van der Waals surface area (Å²) < 4.78 is 36.5. The molecule has 0 unspecified atom stereocenters. The molecule has 1 aromatic rings. The molecule has 8 heteroatoms. The number of nitrogens with one attached hydrogen (secondary N) is 1. The van der Waals surface area contributed by atoms with Crippen LogP contribution in [0.15, 0.2) is 30.3 Å². The van der Waals surface area contributed by atoms with Crippen molar-refractivity contribution in [2.75, 3.05) is 20.2 Å². The van der Waals surface area contributed by atoms with E-state index >= 15 is 0 Å². The van der Waals surface area contributed by atoms with E-state index < -0.39 is 12.1 Å². The smallest absolute Gasteiger partial charge is 0.475 e. The highest BCUT2D eigenvalue weighted by atomic mass is 19.4. The molecule has 1 fully saturated rings. The van der Waals surface area contributed by atoms with Gasteiger partial charge in [-0.05, 0) is 5.56 Å². The summed E-state index contributed by atoms with van der Waals surface area (Å²) in [5.41, 5.74) is 1.21. The van der Waals surface area contributed by atoms with Gasteiger partial charge < -0.3 is 15.2 Å². The summed E-state index contributed by atoms with van der Waals surface area (Å²) >= 11 is 0. The molecule has 0 amide bonds. The summed E-state index contributed by atoms with van der Waals surface area (Å²) in [4.78, 5) is 20.4. The van der Waals surface area contributed by atoms with E-state index in [2.05, 4.69) is 17.4 Å². The van der Waals surface area contributed by atoms with Crippen LogP contribution in [0.1, 0.15) is 11.5 Å². The first kappa shape index (κ1) is 18.0. The SMILES string of the molecule is COC(=O)[C@H]1CNC[C@@H]1c1ccccc1.O=C(O)C(F)(F)F. The number of carboxylic acid groups (broad SMARTS) is 1. The normalized spacial score (nSPS) is 20.7. The number of carbonyl (C=O) groups excluding carboxylic acids is 1. The van der Waals surface area contributed by atoms with Crippen molar-refractivity contribution in [3.8, 4) is 0 Å². The third-order valence-electron chi connectivity index (χ3n) is 3.19. The van der Waals surface area contributed by atoms with Crippen molar-refractivity contribution in [2.24, 2.45) is 5.92 Å². The average molecular weight is 319 g/mol. The Hall–Kier alpha value is -2.09. The van der Waals surface area contributed by atoms with E-state index in [0.29, 0.717) is 6.54 Å². The Morgan fingerprint density at radius 1 is 1.23 bits per heavy atom. The van der Waals surface area contributed by atoms with Crippen LogP contribution in [0, 0.1) is 5.92 Å². The fraction of sp³-hybridized carbons (Fsp3) is 0.429. The van der Waals surface area contributed by atoms with Gasteiger partial charge in [0.2, 0.25) is 0 Å². The van der Waals surface area contributed by atoms with Gasteiger partial charge in [0.25, 0.3) is 0 Å². The molecule has 0 aromatic heterocycles. The van der Waals surface area contributed by atoms with Crippen molar-refractivity contribution in [1.29, 1.82) is 0 Å². The van der Waals surface area contributed by atoms with Crippen LogP contribution in [0.4, 0.5) is 13.2 Å². The standard InChI is InChI=1S/C12H15NO2.C2HF3O2/c1-15-12(14)11-8-13-7-10(11)9-5-3-2-4-6-9;3-2(4,5)1(6)7/h2-6,10-11,13H,7-8H2,1H3;(H,6,7)/t10-,11+;/m1./s1. The average Bonchev–Trinajstić information content (AvgIpc) is 2.96. The summed E-state index contributed by atoms with van der Waals surface area (Å²) in [6.07, 6.45) is -5.08. The van der Waals surface area contributed by atoms with E-state index in [0.717, 1.165) is 6.54 Å². The predicted octanol–water partition coefficient (Wildman–Crippen LogP) is 1.80. The molecular formula is C14H16F3NO4. The number of halogens is 3. The number of methoxy groups -OCH3 is 1. The van der Waals surface area contributed by atoms with Crippen LogP contribution < -0.4 is 5.32 Å². The number of ether oxygens (including phenoxy) is 1. The lowest BCUT2D eigenvalue weighted by molar-refractivity contribution is -0.192. The second-order valence-electron chi connectivity index (χ2n) is 4.61. The summed E-state index contributed by atoms with van der Waals surface area (Å²) in [6.45, 7) is 1.57. The molecule has 1 aromatic carbocycles. The van der Waals surface area contributed by atoms with Crippen molar-refractivity contribution >= 4 is 11.9 Å². The third kappa shape index (κ3) is 5.03. The minimum Gasteiger partial charge on any atom is -0.475 e. The summed E-state index contributed by atoms with van der Waals surface area (Å²) in [7, 11) is 1.45. The highest BCUT2D eigenvalue weighted by molar-refractivity contribution is 5.74. The van der Waals surface area contributed by atoms with Crippen molar-refractivity contribution in [3.05, 3.63) is 35.9 Å². The molecule has 2 rings (SSSR count). The summed E-state index contributed by atoms with van der Waals surface area (Å²) in [6, 6.07) is 10.1. The largest absolute Gasteiger partial charge is 0.490 e. The second kappa shape index (κ2) is 7.79. The van der Waals surface area contributed by atoms with Gasteiger partial charge in [0.05, 0.1) is 13.0 Å². The first-order valence-electron chi connectivity index (χ1n) is 6.41. The number of rotatable bonds is 2. The number of carbonyl (C=O) groups is 2. The summed E-state index contributed by atoms with van der Waals surface area (Å²) in [5.74, 6) is -2.67. The van der Waals surface area contributed by atoms with Gasteiger partial charge in [-0.15, -0.1) is 0 Å². The minimum absolute atomic E-state index is 0.0441. The van der Waals surface area contributed by atoms with E-state index in [1.54, 1.807) is 0 Å². The fourth-order valence-corrected chi connectivity index (χ4v) is 2.13. The number of hydrogen-bond acceptors (Lipinski definition) is 4. The topological polar surface area (TPSA) is 75.6 Å². The Morgan fingerprint density at radius 2 is 1.77 bits per heavy atom. The van der Waals surface area contributed by atoms with Crippen LogP contribution >= 0.6 is 0 Å². The number of alkyl halides is 3. The van der Waals surface area contributed by atoms with Crippen LogP contribution in [0.5, 0.6) is 0 Å². The molecule has 0 bridgehead atoms. The minimum atomic E-state index is -5.08. The number of carboxylic acids is 1. The molecule has 1 saturated heterocycles. The molecule has 2 N–H and O–H groups in total. The first-order chi connectivity index (χ1) is 10.3. The number of esters is 1. The van der Waals surface area contributed by atoms with Crippen LogP contribution in [0.25, 0.3) is 0 Å². The van der Waals surface area contributed by atoms with Crippen LogP contribution in [0.2, 0.25) is 0 Å². The van der Waals surface area contributed by atoms with Gasteiger partial charge in [0, 0.05) is 19.0 Å². The lowest BCUT2D eigenvalue weighted by Gasteiger charge is -2.16. The highest BCUT2D eigenvalue weighted by Gasteiger charge is 2.38. The van der Waals surface area contributed by atoms with E-state index in [1.807, 2.05) is 18.2 Å². The predicted molar refractivity (Wildman–Crippen MR) is 71.2 cm³/mol. The van der Waals surface area contributed by atoms with Crippen molar-refractivity contribution < 1.29 is 32.6 Å². The molecule has 1 heterocycles. The molecule has 0 saturated carbocycles. The van der Waals surface area contributed by atoms with Crippen LogP contribution in [0.3, 0.4) is 0 Å². The highest BCUT2D eigenvalue weighted by Crippen LogP contribution is 2.28. The Labute approximate surface area is 125 Å². The van der Waals surface area contributed by atoms with Crippen molar-refractivity contribution in [2.45, 2.75) is 12.1 Å². The quantitative estimate of drug-likeness (QED) is 0.813. The maximum absolute atomic E-state index is 11.5. The van der Waals surface area contributed by atoms with Gasteiger partial charge in [-0.3, -0.25) is 4.79 Å². The lowest BCUT2D eigenvalue weighted by Crippen LogP contribution is -2.22. The zero-order valence-corrected chi connectivity index (χ0v) is 11.8. The van der Waals surface area contributed by atoms with Crippen molar-refractivity contribution in [3.63, 3.8) is 0 Å². The molecule has 0 aliphatic carbocycles. The third-order valence-corrected chi connectivity index (χ3v) is 3.19. The van der Waals surface area contributed by atoms with Crippen LogP contribution in [-0.4, -0.2) is 43.4 Å². The molecular weight excluding hydrogens is 303 g/mol. The van der Waals surface area contributed by atoms with Gasteiger partial charge in [0.15, 0.2) is 0 Å². The van der Waals surface area contributed by atoms with Crippen LogP contribution in [-0.2, 0) is 14.3 Å². The molecule has 122 valence electrons. The van der Waals surface area contributed by atoms with E-state index in [-0.39, 0.29) is 17.8 Å². The van der Waals surface area contributed by atoms with E-state index in [1.165, 1.54) is 12.7 Å². The number of aliphatic carboxylic acids is 1. The van der Waals surface area contributed by atoms with Gasteiger partial charge in [-0.25, -0.2) is 4.79 Å². The molecule has 5 nitrogen and oxygen atoms in total. The van der Waals surface area contributed by atoms with E-state index in [9.17, 15) is 18.0 Å². The van der Waals surface area contributed by atoms with Crippen molar-refractivity contribution in [1.82, 2.24) is 5.32 Å². The zero-order valence-electron chi connectivity index (χ0n) is 11.8. The molecule has 1 aliphatic heterocycles. The summed E-state index contributed by atoms with van der Waals surface area (Å²) in [5, 5.41) is 10.4. The Kier molecular flexibility index (Phi) is 6.36. The molecule has 1 aliphatic rings. The monoisotopic (exact) mass is 319 g/mol. The van der Waals surface area contributed by atoms with Gasteiger partial charge in [-0.2, -0.15) is 13.2 Å². The Bertz CT molecular complexity index is 505. The van der Waals surface area contributed by atoms with Gasteiger partial charge in [0.1, 0.15) is 0 Å². The Morgan fingerprint density at radius 3 is 2.23 bits per heavy atom. The number of benzene rings is 1. The molecule has 0 radical (unpaired) electrons. The second-order valence-corrected chi connectivity index (χ2v) is 4.61. The van der Waals surface area contributed by atoms with E-state index in [4.69, 9.17) is 14.6 Å². The molecule has 22 heavy (non-hydrogen) atoms. The lowest BCUT2D eigenvalue weighted by atomic mass is 9.89. The van der Waals surface area contributed by atoms with Gasteiger partial charge >= 0.3 is 18.1 Å². The maximum atomic E-state index is 11.5. The maximum Gasteiger partial charge on any atom is 0.490 e. The Balaban J connectivity index is 0.000000295. The number of hydrogen-bond donors (Lipinski definition) is 2. The van der Waals surface area contributed by atoms with Gasteiger partial charge in [-0.1, -0.05) is 30.3 Å². The first-order valence-corrected chi connectivity index (χ1v) is 6.41.